The van der Waals surface area contributed by atoms with E-state index in [1.165, 1.54) is 0 Å². The van der Waals surface area contributed by atoms with E-state index in [9.17, 15) is 13.2 Å². The minimum atomic E-state index is -4.32. The van der Waals surface area contributed by atoms with Crippen LogP contribution in [0.15, 0.2) is 21.6 Å². The van der Waals surface area contributed by atoms with E-state index in [-0.39, 0.29) is 35.3 Å². The Morgan fingerprint density at radius 3 is 2.25 bits per heavy atom. The Hall–Kier alpha value is -0.140. The van der Waals surface area contributed by atoms with Crippen molar-refractivity contribution in [1.82, 2.24) is 0 Å². The molecule has 1 rings (SSSR count). The molecule has 0 aliphatic rings. The summed E-state index contributed by atoms with van der Waals surface area (Å²) in [4.78, 5) is 9.98. The molecular formula is C5H5NaO5S. The fourth-order valence-electron chi connectivity index (χ4n) is 0.536. The average Bonchev–Trinajstić information content (AvgIpc) is 2.32. The molecule has 0 unspecified atom stereocenters. The zero-order chi connectivity index (χ0) is 8.48. The Kier molecular flexibility index (Phi) is 4.15. The second-order valence-corrected chi connectivity index (χ2v) is 3.10. The molecule has 0 atom stereocenters. The summed E-state index contributed by atoms with van der Waals surface area (Å²) >= 11 is 0. The summed E-state index contributed by atoms with van der Waals surface area (Å²) in [6.45, 7) is 0. The van der Waals surface area contributed by atoms with Crippen LogP contribution >= 0.6 is 0 Å². The van der Waals surface area contributed by atoms with Gasteiger partial charge in [0.15, 0.2) is 12.0 Å². The van der Waals surface area contributed by atoms with E-state index in [0.717, 1.165) is 12.1 Å². The van der Waals surface area contributed by atoms with E-state index in [4.69, 9.17) is 4.55 Å². The number of carbonyl (C=O) groups excluding carboxylic acids is 1. The fourth-order valence-corrected chi connectivity index (χ4v) is 0.978. The zero-order valence-electron chi connectivity index (χ0n) is 5.22. The second-order valence-electron chi connectivity index (χ2n) is 1.75. The third-order valence-electron chi connectivity index (χ3n) is 0.973. The first-order valence-corrected chi connectivity index (χ1v) is 4.00. The zero-order valence-corrected chi connectivity index (χ0v) is 6.04. The van der Waals surface area contributed by atoms with Gasteiger partial charge in [-0.1, -0.05) is 0 Å². The Balaban J connectivity index is 0.00000121. The summed E-state index contributed by atoms with van der Waals surface area (Å²) in [5, 5.41) is -0.625. The second kappa shape index (κ2) is 4.20. The fraction of sp³-hybridized carbons (Fsp3) is 0. The van der Waals surface area contributed by atoms with Gasteiger partial charge in [-0.05, 0) is 12.1 Å². The van der Waals surface area contributed by atoms with Gasteiger partial charge in [0.05, 0.1) is 0 Å². The van der Waals surface area contributed by atoms with Crippen LogP contribution in [0.1, 0.15) is 10.6 Å². The maximum absolute atomic E-state index is 10.3. The predicted octanol–water partition coefficient (Wildman–Crippen LogP) is -0.310. The molecule has 1 heterocycles. The third kappa shape index (κ3) is 2.72. The van der Waals surface area contributed by atoms with Crippen LogP contribution in [0, 0.1) is 0 Å². The molecule has 0 amide bonds. The van der Waals surface area contributed by atoms with Crippen molar-refractivity contribution in [2.24, 2.45) is 0 Å². The van der Waals surface area contributed by atoms with E-state index in [2.05, 4.69) is 4.42 Å². The summed E-state index contributed by atoms with van der Waals surface area (Å²) < 4.78 is 33.4. The van der Waals surface area contributed by atoms with Gasteiger partial charge < -0.3 is 4.42 Å². The molecule has 0 spiro atoms. The van der Waals surface area contributed by atoms with E-state index in [0.29, 0.717) is 6.29 Å². The van der Waals surface area contributed by atoms with E-state index in [1.54, 1.807) is 0 Å². The number of carbonyl (C=O) groups is 1. The molecule has 0 aromatic carbocycles. The van der Waals surface area contributed by atoms with Crippen LogP contribution in [0.25, 0.3) is 0 Å². The SMILES string of the molecule is O=Cc1ccc(S(=O)(=O)O)o1.[NaH]. The van der Waals surface area contributed by atoms with Gasteiger partial charge in [-0.25, -0.2) is 0 Å². The van der Waals surface area contributed by atoms with Gasteiger partial charge in [-0.15, -0.1) is 0 Å². The number of hydrogen-bond donors (Lipinski definition) is 1. The van der Waals surface area contributed by atoms with Crippen LogP contribution < -0.4 is 0 Å². The van der Waals surface area contributed by atoms with Crippen molar-refractivity contribution >= 4 is 46.0 Å². The summed E-state index contributed by atoms with van der Waals surface area (Å²) in [6, 6.07) is 2.15. The molecule has 0 aliphatic carbocycles. The predicted molar refractivity (Wildman–Crippen MR) is 41.1 cm³/mol. The van der Waals surface area contributed by atoms with Crippen molar-refractivity contribution in [1.29, 1.82) is 0 Å². The van der Waals surface area contributed by atoms with Crippen LogP contribution in [0.3, 0.4) is 0 Å². The maximum atomic E-state index is 10.3. The van der Waals surface area contributed by atoms with Crippen molar-refractivity contribution in [2.75, 3.05) is 0 Å². The molecule has 1 N–H and O–H groups in total. The number of aldehydes is 1. The molecule has 0 saturated carbocycles. The first-order chi connectivity index (χ1) is 5.04. The van der Waals surface area contributed by atoms with E-state index >= 15 is 0 Å². The van der Waals surface area contributed by atoms with Crippen molar-refractivity contribution in [2.45, 2.75) is 5.09 Å². The molecule has 0 fully saturated rings. The van der Waals surface area contributed by atoms with Gasteiger partial charge >= 0.3 is 39.7 Å². The first-order valence-electron chi connectivity index (χ1n) is 2.56. The van der Waals surface area contributed by atoms with Crippen molar-refractivity contribution in [3.63, 3.8) is 0 Å². The van der Waals surface area contributed by atoms with Gasteiger partial charge in [-0.3, -0.25) is 9.35 Å². The van der Waals surface area contributed by atoms with Gasteiger partial charge in [0.1, 0.15) is 0 Å². The van der Waals surface area contributed by atoms with E-state index < -0.39 is 15.2 Å². The number of rotatable bonds is 2. The molecule has 5 nitrogen and oxygen atoms in total. The molecule has 0 aliphatic heterocycles. The van der Waals surface area contributed by atoms with Crippen molar-refractivity contribution in [3.8, 4) is 0 Å². The standard InChI is InChI=1S/C5H4O5S.Na.H/c6-3-4-1-2-5(10-4)11(7,8)9;;/h1-3H,(H,7,8,9);;. The Morgan fingerprint density at radius 2 is 2.00 bits per heavy atom. The molecule has 7 heteroatoms. The van der Waals surface area contributed by atoms with Crippen LogP contribution in [-0.2, 0) is 10.1 Å². The molecular weight excluding hydrogens is 195 g/mol. The minimum absolute atomic E-state index is 0. The summed E-state index contributed by atoms with van der Waals surface area (Å²) in [7, 11) is -4.32. The molecule has 0 bridgehead atoms. The van der Waals surface area contributed by atoms with Crippen LogP contribution in [0.5, 0.6) is 0 Å². The molecule has 1 aromatic heterocycles. The summed E-state index contributed by atoms with van der Waals surface area (Å²) in [5.41, 5.74) is 0. The van der Waals surface area contributed by atoms with Crippen LogP contribution in [0.2, 0.25) is 0 Å². The van der Waals surface area contributed by atoms with Gasteiger partial charge in [0, 0.05) is 0 Å². The Bertz CT molecular complexity index is 365. The van der Waals surface area contributed by atoms with Crippen LogP contribution in [-0.4, -0.2) is 48.8 Å². The first kappa shape index (κ1) is 11.9. The average molecular weight is 200 g/mol. The number of hydrogen-bond acceptors (Lipinski definition) is 4. The molecule has 0 saturated heterocycles. The van der Waals surface area contributed by atoms with Gasteiger partial charge in [-0.2, -0.15) is 8.42 Å². The van der Waals surface area contributed by atoms with Gasteiger partial charge in [0.2, 0.25) is 5.09 Å². The monoisotopic (exact) mass is 200 g/mol. The van der Waals surface area contributed by atoms with Crippen LogP contribution in [0.4, 0.5) is 0 Å². The van der Waals surface area contributed by atoms with Crippen molar-refractivity contribution < 1.29 is 22.2 Å². The number of furan rings is 1. The van der Waals surface area contributed by atoms with Crippen molar-refractivity contribution in [3.05, 3.63) is 17.9 Å². The molecule has 1 aromatic rings. The Labute approximate surface area is 90.8 Å². The van der Waals surface area contributed by atoms with Gasteiger partial charge in [0.25, 0.3) is 0 Å². The quantitative estimate of drug-likeness (QED) is 0.402. The molecule has 0 radical (unpaired) electrons. The Morgan fingerprint density at radius 1 is 1.42 bits per heavy atom. The summed E-state index contributed by atoms with van der Waals surface area (Å²) in [5.74, 6) is -0.141. The molecule has 62 valence electrons. The normalized spacial score (nSPS) is 10.4. The third-order valence-corrected chi connectivity index (χ3v) is 1.70. The topological polar surface area (TPSA) is 84.6 Å². The summed E-state index contributed by atoms with van der Waals surface area (Å²) in [6.07, 6.45) is 0.342. The van der Waals surface area contributed by atoms with E-state index in [1.807, 2.05) is 0 Å². The molecule has 12 heavy (non-hydrogen) atoms.